The Balaban J connectivity index is 0.00000484. The molecular weight excluding hydrogens is 338 g/mol. The van der Waals surface area contributed by atoms with E-state index in [0.717, 1.165) is 0 Å². The maximum atomic E-state index is 12.0. The van der Waals surface area contributed by atoms with Gasteiger partial charge in [-0.3, -0.25) is 4.79 Å². The van der Waals surface area contributed by atoms with Gasteiger partial charge in [0, 0.05) is 25.2 Å². The Morgan fingerprint density at radius 2 is 1.91 bits per heavy atom. The van der Waals surface area contributed by atoms with Crippen LogP contribution in [0, 0.1) is 11.8 Å². The first kappa shape index (κ1) is 21.9. The Morgan fingerprint density at radius 1 is 1.26 bits per heavy atom. The molecule has 1 atom stereocenters. The lowest BCUT2D eigenvalue weighted by Crippen LogP contribution is -2.29. The van der Waals surface area contributed by atoms with Crippen molar-refractivity contribution >= 4 is 34.0 Å². The molecular formula is C15H26ClN3O3S. The minimum absolute atomic E-state index is 0. The van der Waals surface area contributed by atoms with Gasteiger partial charge in [0.15, 0.2) is 0 Å². The summed E-state index contributed by atoms with van der Waals surface area (Å²) in [6, 6.07) is 6.18. The molecule has 0 radical (unpaired) electrons. The number of anilines is 1. The zero-order valence-electron chi connectivity index (χ0n) is 13.7. The average molecular weight is 364 g/mol. The van der Waals surface area contributed by atoms with Crippen LogP contribution in [0.25, 0.3) is 0 Å². The molecule has 0 aliphatic carbocycles. The third-order valence-corrected chi connectivity index (χ3v) is 4.97. The first-order chi connectivity index (χ1) is 10.3. The van der Waals surface area contributed by atoms with E-state index in [1.54, 1.807) is 12.1 Å². The lowest BCUT2D eigenvalue weighted by Gasteiger charge is -2.15. The Morgan fingerprint density at radius 3 is 2.48 bits per heavy atom. The molecule has 0 aliphatic rings. The van der Waals surface area contributed by atoms with Crippen LogP contribution in [-0.2, 0) is 14.8 Å². The van der Waals surface area contributed by atoms with Gasteiger partial charge in [-0.05, 0) is 30.0 Å². The van der Waals surface area contributed by atoms with E-state index in [4.69, 9.17) is 5.73 Å². The first-order valence-electron chi connectivity index (χ1n) is 7.36. The van der Waals surface area contributed by atoms with Crippen LogP contribution in [-0.4, -0.2) is 27.4 Å². The van der Waals surface area contributed by atoms with Gasteiger partial charge in [0.2, 0.25) is 15.9 Å². The number of halogens is 1. The number of carbonyl (C=O) groups excluding carboxylic acids is 1. The van der Waals surface area contributed by atoms with Crippen molar-refractivity contribution in [1.82, 2.24) is 4.72 Å². The van der Waals surface area contributed by atoms with Crippen molar-refractivity contribution < 1.29 is 13.2 Å². The van der Waals surface area contributed by atoms with Crippen molar-refractivity contribution in [2.24, 2.45) is 17.6 Å². The normalized spacial score (nSPS) is 12.6. The second-order valence-electron chi connectivity index (χ2n) is 5.69. The number of nitrogens with one attached hydrogen (secondary N) is 2. The molecule has 6 nitrogen and oxygen atoms in total. The monoisotopic (exact) mass is 363 g/mol. The average Bonchev–Trinajstić information content (AvgIpc) is 2.45. The Labute approximate surface area is 144 Å². The second-order valence-corrected chi connectivity index (χ2v) is 7.45. The summed E-state index contributed by atoms with van der Waals surface area (Å²) in [6.07, 6.45) is 0.403. The highest BCUT2D eigenvalue weighted by Gasteiger charge is 2.15. The molecule has 132 valence electrons. The van der Waals surface area contributed by atoms with Crippen molar-refractivity contribution in [2.75, 3.05) is 18.4 Å². The van der Waals surface area contributed by atoms with Crippen LogP contribution in [0.5, 0.6) is 0 Å². The summed E-state index contributed by atoms with van der Waals surface area (Å²) in [4.78, 5) is 12.1. The molecule has 4 N–H and O–H groups in total. The van der Waals surface area contributed by atoms with Gasteiger partial charge in [-0.15, -0.1) is 12.4 Å². The van der Waals surface area contributed by atoms with Gasteiger partial charge in [-0.1, -0.05) is 26.8 Å². The van der Waals surface area contributed by atoms with Crippen LogP contribution in [0.15, 0.2) is 29.2 Å². The van der Waals surface area contributed by atoms with Crippen molar-refractivity contribution in [3.63, 3.8) is 0 Å². The fraction of sp³-hybridized carbons (Fsp3) is 0.533. The number of carbonyl (C=O) groups is 1. The van der Waals surface area contributed by atoms with E-state index in [1.807, 2.05) is 6.92 Å². The molecule has 0 aliphatic heterocycles. The van der Waals surface area contributed by atoms with Gasteiger partial charge in [0.25, 0.3) is 0 Å². The summed E-state index contributed by atoms with van der Waals surface area (Å²) >= 11 is 0. The third kappa shape index (κ3) is 7.30. The predicted octanol–water partition coefficient (Wildman–Crippen LogP) is 1.97. The van der Waals surface area contributed by atoms with E-state index in [1.165, 1.54) is 12.1 Å². The molecule has 0 saturated carbocycles. The van der Waals surface area contributed by atoms with E-state index < -0.39 is 10.0 Å². The number of amides is 1. The molecule has 0 saturated heterocycles. The lowest BCUT2D eigenvalue weighted by molar-refractivity contribution is -0.117. The van der Waals surface area contributed by atoms with Crippen LogP contribution in [0.4, 0.5) is 5.69 Å². The molecule has 0 fully saturated rings. The van der Waals surface area contributed by atoms with Gasteiger partial charge < -0.3 is 11.1 Å². The highest BCUT2D eigenvalue weighted by Crippen LogP contribution is 2.18. The molecule has 0 bridgehead atoms. The van der Waals surface area contributed by atoms with Crippen molar-refractivity contribution in [3.05, 3.63) is 24.3 Å². The zero-order chi connectivity index (χ0) is 16.8. The quantitative estimate of drug-likeness (QED) is 0.657. The van der Waals surface area contributed by atoms with Crippen LogP contribution in [0.1, 0.15) is 27.2 Å². The SMILES string of the molecule is CC(C)C(C)CC(=O)Nc1cccc(S(=O)(=O)NCCN)c1.Cl. The van der Waals surface area contributed by atoms with Gasteiger partial charge in [0.1, 0.15) is 0 Å². The zero-order valence-corrected chi connectivity index (χ0v) is 15.3. The third-order valence-electron chi connectivity index (χ3n) is 3.51. The minimum Gasteiger partial charge on any atom is -0.329 e. The molecule has 1 aromatic rings. The standard InChI is InChI=1S/C15H25N3O3S.ClH/c1-11(2)12(3)9-15(19)18-13-5-4-6-14(10-13)22(20,21)17-8-7-16;/h4-6,10-12,17H,7-9,16H2,1-3H3,(H,18,19);1H. The van der Waals surface area contributed by atoms with Gasteiger partial charge >= 0.3 is 0 Å². The van der Waals surface area contributed by atoms with Crippen LogP contribution in [0.2, 0.25) is 0 Å². The number of hydrogen-bond acceptors (Lipinski definition) is 4. The van der Waals surface area contributed by atoms with Crippen LogP contribution in [0.3, 0.4) is 0 Å². The van der Waals surface area contributed by atoms with E-state index >= 15 is 0 Å². The lowest BCUT2D eigenvalue weighted by atomic mass is 9.94. The highest BCUT2D eigenvalue weighted by atomic mass is 35.5. The van der Waals surface area contributed by atoms with Crippen LogP contribution >= 0.6 is 12.4 Å². The fourth-order valence-corrected chi connectivity index (χ4v) is 2.85. The summed E-state index contributed by atoms with van der Waals surface area (Å²) in [5.74, 6) is 0.557. The summed E-state index contributed by atoms with van der Waals surface area (Å²) in [5, 5.41) is 2.74. The van der Waals surface area contributed by atoms with Crippen molar-refractivity contribution in [2.45, 2.75) is 32.1 Å². The smallest absolute Gasteiger partial charge is 0.240 e. The van der Waals surface area contributed by atoms with Gasteiger partial charge in [0.05, 0.1) is 4.90 Å². The molecule has 0 spiro atoms. The second kappa shape index (κ2) is 9.87. The predicted molar refractivity (Wildman–Crippen MR) is 95.2 cm³/mol. The molecule has 1 amide bonds. The van der Waals surface area contributed by atoms with E-state index in [9.17, 15) is 13.2 Å². The van der Waals surface area contributed by atoms with E-state index in [0.29, 0.717) is 18.0 Å². The summed E-state index contributed by atoms with van der Waals surface area (Å²) in [6.45, 7) is 6.54. The van der Waals surface area contributed by atoms with Gasteiger partial charge in [-0.25, -0.2) is 13.1 Å². The largest absolute Gasteiger partial charge is 0.329 e. The van der Waals surface area contributed by atoms with Crippen molar-refractivity contribution in [1.29, 1.82) is 0 Å². The molecule has 0 aromatic heterocycles. The van der Waals surface area contributed by atoms with Crippen LogP contribution < -0.4 is 15.8 Å². The maximum Gasteiger partial charge on any atom is 0.240 e. The Hall–Kier alpha value is -1.15. The maximum absolute atomic E-state index is 12.0. The highest BCUT2D eigenvalue weighted by molar-refractivity contribution is 7.89. The first-order valence-corrected chi connectivity index (χ1v) is 8.84. The Bertz CT molecular complexity index is 606. The number of nitrogens with two attached hydrogens (primary N) is 1. The molecule has 1 aromatic carbocycles. The van der Waals surface area contributed by atoms with Gasteiger partial charge in [-0.2, -0.15) is 0 Å². The molecule has 23 heavy (non-hydrogen) atoms. The molecule has 8 heteroatoms. The summed E-state index contributed by atoms with van der Waals surface area (Å²) in [5.41, 5.74) is 5.77. The van der Waals surface area contributed by atoms with E-state index in [-0.39, 0.29) is 42.2 Å². The number of sulfonamides is 1. The molecule has 1 unspecified atom stereocenters. The fourth-order valence-electron chi connectivity index (χ4n) is 1.76. The number of hydrogen-bond donors (Lipinski definition) is 3. The topological polar surface area (TPSA) is 101 Å². The minimum atomic E-state index is -3.60. The summed E-state index contributed by atoms with van der Waals surface area (Å²) in [7, 11) is -3.60. The van der Waals surface area contributed by atoms with Crippen molar-refractivity contribution in [3.8, 4) is 0 Å². The number of rotatable bonds is 8. The number of benzene rings is 1. The molecule has 0 heterocycles. The summed E-state index contributed by atoms with van der Waals surface area (Å²) < 4.78 is 26.4. The van der Waals surface area contributed by atoms with E-state index in [2.05, 4.69) is 23.9 Å². The Kier molecular flexibility index (Phi) is 9.38. The molecule has 1 rings (SSSR count).